The molecular weight excluding hydrogens is 388 g/mol. The third kappa shape index (κ3) is 4.38. The smallest absolute Gasteiger partial charge is 0.166 e. The predicted molar refractivity (Wildman–Crippen MR) is 82.9 cm³/mol. The molecule has 0 aliphatic carbocycles. The molecule has 0 fully saturated rings. The third-order valence-corrected chi connectivity index (χ3v) is 4.62. The average molecular weight is 398 g/mol. The molecule has 112 valence electrons. The first-order chi connectivity index (χ1) is 9.77. The molecule has 0 aliphatic heterocycles. The van der Waals surface area contributed by atoms with Gasteiger partial charge < -0.3 is 0 Å². The number of halogens is 6. The molecule has 0 radical (unpaired) electrons. The number of rotatable bonds is 3. The molecule has 2 rings (SSSR count). The van der Waals surface area contributed by atoms with Crippen LogP contribution in [-0.4, -0.2) is 0 Å². The maximum Gasteiger partial charge on any atom is 0.416 e. The Hall–Kier alpha value is -0.710. The van der Waals surface area contributed by atoms with Crippen molar-refractivity contribution in [1.82, 2.24) is 0 Å². The van der Waals surface area contributed by atoms with Crippen LogP contribution in [0.4, 0.5) is 13.2 Å². The molecule has 21 heavy (non-hydrogen) atoms. The van der Waals surface area contributed by atoms with Crippen molar-refractivity contribution < 1.29 is 13.2 Å². The fourth-order valence-electron chi connectivity index (χ4n) is 1.86. The van der Waals surface area contributed by atoms with Gasteiger partial charge in [-0.3, -0.25) is 0 Å². The van der Waals surface area contributed by atoms with Crippen LogP contribution >= 0.6 is 39.1 Å². The SMILES string of the molecule is FC(F)(F)c1ccc(CC(Cl)c2ccc(Cl)c(Br)c2)cc1. The van der Waals surface area contributed by atoms with Crippen LogP contribution in [-0.2, 0) is 12.6 Å². The molecular formula is C15H10BrCl2F3. The summed E-state index contributed by atoms with van der Waals surface area (Å²) in [5.74, 6) is 0. The van der Waals surface area contributed by atoms with Gasteiger partial charge in [0, 0.05) is 4.47 Å². The van der Waals surface area contributed by atoms with E-state index in [1.807, 2.05) is 6.07 Å². The second kappa shape index (κ2) is 6.59. The van der Waals surface area contributed by atoms with Crippen molar-refractivity contribution >= 4 is 39.1 Å². The third-order valence-electron chi connectivity index (χ3n) is 3.00. The van der Waals surface area contributed by atoms with Crippen LogP contribution < -0.4 is 0 Å². The highest BCUT2D eigenvalue weighted by atomic mass is 79.9. The second-order valence-corrected chi connectivity index (χ2v) is 6.33. The summed E-state index contributed by atoms with van der Waals surface area (Å²) in [6.45, 7) is 0. The zero-order valence-corrected chi connectivity index (χ0v) is 13.7. The topological polar surface area (TPSA) is 0 Å². The normalized spacial score (nSPS) is 13.2. The van der Waals surface area contributed by atoms with E-state index in [9.17, 15) is 13.2 Å². The van der Waals surface area contributed by atoms with Gasteiger partial charge in [0.1, 0.15) is 0 Å². The van der Waals surface area contributed by atoms with Crippen molar-refractivity contribution in [1.29, 1.82) is 0 Å². The Bertz CT molecular complexity index is 624. The quantitative estimate of drug-likeness (QED) is 0.509. The fourth-order valence-corrected chi connectivity index (χ4v) is 2.69. The summed E-state index contributed by atoms with van der Waals surface area (Å²) in [6, 6.07) is 10.4. The summed E-state index contributed by atoms with van der Waals surface area (Å²) in [4.78, 5) is 0. The van der Waals surface area contributed by atoms with Gasteiger partial charge in [-0.05, 0) is 57.7 Å². The maximum absolute atomic E-state index is 12.5. The van der Waals surface area contributed by atoms with Crippen LogP contribution in [0.1, 0.15) is 22.1 Å². The largest absolute Gasteiger partial charge is 0.416 e. The zero-order valence-electron chi connectivity index (χ0n) is 10.6. The Labute approximate surface area is 139 Å². The van der Waals surface area contributed by atoms with Crippen LogP contribution in [0.2, 0.25) is 5.02 Å². The molecule has 0 saturated carbocycles. The van der Waals surface area contributed by atoms with Crippen molar-refractivity contribution in [3.63, 3.8) is 0 Å². The molecule has 0 amide bonds. The Morgan fingerprint density at radius 2 is 1.67 bits per heavy atom. The van der Waals surface area contributed by atoms with Crippen molar-refractivity contribution in [3.05, 3.63) is 68.7 Å². The zero-order chi connectivity index (χ0) is 15.6. The van der Waals surface area contributed by atoms with Gasteiger partial charge >= 0.3 is 6.18 Å². The van der Waals surface area contributed by atoms with E-state index in [1.54, 1.807) is 12.1 Å². The molecule has 0 saturated heterocycles. The van der Waals surface area contributed by atoms with Gasteiger partial charge in [0.25, 0.3) is 0 Å². The molecule has 0 nitrogen and oxygen atoms in total. The Morgan fingerprint density at radius 1 is 1.05 bits per heavy atom. The van der Waals surface area contributed by atoms with Crippen LogP contribution in [0.15, 0.2) is 46.9 Å². The number of alkyl halides is 4. The summed E-state index contributed by atoms with van der Waals surface area (Å²) in [5, 5.41) is 0.243. The Kier molecular flexibility index (Phi) is 5.23. The highest BCUT2D eigenvalue weighted by Gasteiger charge is 2.29. The molecule has 2 aromatic rings. The van der Waals surface area contributed by atoms with E-state index < -0.39 is 11.7 Å². The molecule has 0 aliphatic rings. The van der Waals surface area contributed by atoms with Gasteiger partial charge in [-0.15, -0.1) is 11.6 Å². The highest BCUT2D eigenvalue weighted by molar-refractivity contribution is 9.10. The molecule has 1 atom stereocenters. The van der Waals surface area contributed by atoms with Crippen molar-refractivity contribution in [2.24, 2.45) is 0 Å². The van der Waals surface area contributed by atoms with E-state index in [1.165, 1.54) is 12.1 Å². The summed E-state index contributed by atoms with van der Waals surface area (Å²) in [6.07, 6.45) is -3.88. The molecule has 0 spiro atoms. The first-order valence-corrected chi connectivity index (χ1v) is 7.63. The molecule has 6 heteroatoms. The van der Waals surface area contributed by atoms with E-state index in [0.29, 0.717) is 11.4 Å². The summed E-state index contributed by atoms with van der Waals surface area (Å²) in [5.41, 5.74) is 0.938. The van der Waals surface area contributed by atoms with Gasteiger partial charge in [-0.25, -0.2) is 0 Å². The van der Waals surface area contributed by atoms with E-state index in [2.05, 4.69) is 15.9 Å². The van der Waals surface area contributed by atoms with Gasteiger partial charge in [-0.2, -0.15) is 13.2 Å². The molecule has 0 heterocycles. The second-order valence-electron chi connectivity index (χ2n) is 4.54. The lowest BCUT2D eigenvalue weighted by Crippen LogP contribution is -2.05. The van der Waals surface area contributed by atoms with Gasteiger partial charge in [0.15, 0.2) is 0 Å². The number of benzene rings is 2. The van der Waals surface area contributed by atoms with Crippen molar-refractivity contribution in [3.8, 4) is 0 Å². The minimum atomic E-state index is -4.32. The van der Waals surface area contributed by atoms with E-state index in [4.69, 9.17) is 23.2 Å². The lowest BCUT2D eigenvalue weighted by Gasteiger charge is -2.12. The van der Waals surface area contributed by atoms with Crippen LogP contribution in [0.25, 0.3) is 0 Å². The maximum atomic E-state index is 12.5. The lowest BCUT2D eigenvalue weighted by molar-refractivity contribution is -0.137. The molecule has 0 bridgehead atoms. The van der Waals surface area contributed by atoms with Crippen molar-refractivity contribution in [2.45, 2.75) is 18.0 Å². The Balaban J connectivity index is 2.12. The molecule has 2 aromatic carbocycles. The van der Waals surface area contributed by atoms with E-state index >= 15 is 0 Å². The first kappa shape index (κ1) is 16.7. The van der Waals surface area contributed by atoms with Crippen LogP contribution in [0.5, 0.6) is 0 Å². The number of hydrogen-bond donors (Lipinski definition) is 0. The van der Waals surface area contributed by atoms with Crippen LogP contribution in [0, 0.1) is 0 Å². The standard InChI is InChI=1S/C15H10BrCl2F3/c16-12-8-10(3-6-13(12)17)14(18)7-9-1-4-11(5-2-9)15(19,20)21/h1-6,8,14H,7H2. The van der Waals surface area contributed by atoms with Gasteiger partial charge in [0.05, 0.1) is 16.0 Å². The van der Waals surface area contributed by atoms with Crippen molar-refractivity contribution in [2.75, 3.05) is 0 Å². The first-order valence-electron chi connectivity index (χ1n) is 6.02. The van der Waals surface area contributed by atoms with Gasteiger partial charge in [-0.1, -0.05) is 29.8 Å². The average Bonchev–Trinajstić information content (AvgIpc) is 2.41. The molecule has 0 N–H and O–H groups in total. The van der Waals surface area contributed by atoms with Gasteiger partial charge in [0.2, 0.25) is 0 Å². The minimum Gasteiger partial charge on any atom is -0.166 e. The summed E-state index contributed by atoms with van der Waals surface area (Å²) in [7, 11) is 0. The highest BCUT2D eigenvalue weighted by Crippen LogP contribution is 2.32. The fraction of sp³-hybridized carbons (Fsp3) is 0.200. The van der Waals surface area contributed by atoms with Crippen LogP contribution in [0.3, 0.4) is 0 Å². The van der Waals surface area contributed by atoms with E-state index in [0.717, 1.165) is 27.7 Å². The molecule has 0 aromatic heterocycles. The molecule has 1 unspecified atom stereocenters. The monoisotopic (exact) mass is 396 g/mol. The number of hydrogen-bond acceptors (Lipinski definition) is 0. The summed E-state index contributed by atoms with van der Waals surface area (Å²) >= 11 is 15.5. The summed E-state index contributed by atoms with van der Waals surface area (Å²) < 4.78 is 38.2. The predicted octanol–water partition coefficient (Wildman–Crippen LogP) is 6.64. The minimum absolute atomic E-state index is 0.338. The lowest BCUT2D eigenvalue weighted by atomic mass is 10.0. The Morgan fingerprint density at radius 3 is 2.19 bits per heavy atom. The van der Waals surface area contributed by atoms with E-state index in [-0.39, 0.29) is 5.38 Å².